The highest BCUT2D eigenvalue weighted by Gasteiger charge is 2.34. The van der Waals surface area contributed by atoms with E-state index in [-0.39, 0.29) is 18.6 Å². The van der Waals surface area contributed by atoms with E-state index in [4.69, 9.17) is 9.72 Å². The Morgan fingerprint density at radius 1 is 1.14 bits per heavy atom. The van der Waals surface area contributed by atoms with Crippen LogP contribution < -0.4 is 15.6 Å². The van der Waals surface area contributed by atoms with Crippen LogP contribution in [0, 0.1) is 0 Å². The van der Waals surface area contributed by atoms with E-state index in [1.807, 2.05) is 36.7 Å². The number of ether oxygens (including phenoxy) is 1. The summed E-state index contributed by atoms with van der Waals surface area (Å²) in [7, 11) is 1.68. The van der Waals surface area contributed by atoms with Crippen LogP contribution in [0.15, 0.2) is 60.9 Å². The Morgan fingerprint density at radius 2 is 1.93 bits per heavy atom. The van der Waals surface area contributed by atoms with Crippen molar-refractivity contribution in [1.82, 2.24) is 20.4 Å². The van der Waals surface area contributed by atoms with Crippen LogP contribution >= 0.6 is 0 Å². The second-order valence-electron chi connectivity index (χ2n) is 7.00. The van der Waals surface area contributed by atoms with E-state index in [0.717, 1.165) is 30.1 Å². The van der Waals surface area contributed by atoms with E-state index in [2.05, 4.69) is 39.7 Å². The number of aliphatic hydroxyl groups excluding tert-OH is 1. The van der Waals surface area contributed by atoms with Crippen molar-refractivity contribution < 1.29 is 9.84 Å². The monoisotopic (exact) mass is 378 g/mol. The van der Waals surface area contributed by atoms with Crippen LogP contribution in [0.25, 0.3) is 11.3 Å². The summed E-state index contributed by atoms with van der Waals surface area (Å²) in [5.41, 5.74) is 11.3. The first-order valence-corrected chi connectivity index (χ1v) is 9.65. The van der Waals surface area contributed by atoms with Gasteiger partial charge in [-0.1, -0.05) is 42.5 Å². The summed E-state index contributed by atoms with van der Waals surface area (Å²) in [5.74, 6) is 1.06. The Bertz CT molecular complexity index is 893. The third-order valence-corrected chi connectivity index (χ3v) is 5.29. The maximum Gasteiger partial charge on any atom is 0.118 e. The molecular weight excluding hydrogens is 352 g/mol. The molecule has 1 aliphatic heterocycles. The van der Waals surface area contributed by atoms with Crippen LogP contribution in [0.4, 0.5) is 0 Å². The first-order chi connectivity index (χ1) is 13.8. The number of hydrogen-bond donors (Lipinski definition) is 3. The molecule has 1 aromatic heterocycles. The Labute approximate surface area is 165 Å². The summed E-state index contributed by atoms with van der Waals surface area (Å²) in [6.45, 7) is 1.72. The molecule has 2 atom stereocenters. The highest BCUT2D eigenvalue weighted by atomic mass is 16.5. The quantitative estimate of drug-likeness (QED) is 0.590. The predicted molar refractivity (Wildman–Crippen MR) is 109 cm³/mol. The number of aromatic nitrogens is 2. The van der Waals surface area contributed by atoms with Crippen LogP contribution in [0.2, 0.25) is 0 Å². The third kappa shape index (κ3) is 3.67. The van der Waals surface area contributed by atoms with Gasteiger partial charge in [-0.25, -0.2) is 10.4 Å². The first kappa shape index (κ1) is 18.7. The van der Waals surface area contributed by atoms with Crippen LogP contribution in [-0.2, 0) is 6.54 Å². The van der Waals surface area contributed by atoms with Gasteiger partial charge in [0.2, 0.25) is 0 Å². The lowest BCUT2D eigenvalue weighted by Crippen LogP contribution is -2.25. The zero-order chi connectivity index (χ0) is 19.3. The minimum Gasteiger partial charge on any atom is -0.497 e. The Hall–Kier alpha value is -2.67. The van der Waals surface area contributed by atoms with Gasteiger partial charge in [0.25, 0.3) is 0 Å². The molecule has 0 spiro atoms. The van der Waals surface area contributed by atoms with E-state index in [9.17, 15) is 5.11 Å². The van der Waals surface area contributed by atoms with Crippen LogP contribution in [0.5, 0.6) is 5.75 Å². The number of nitrogens with zero attached hydrogens (tertiary/aromatic N) is 2. The normalized spacial score (nSPS) is 19.1. The van der Waals surface area contributed by atoms with Gasteiger partial charge in [-0.15, -0.1) is 0 Å². The van der Waals surface area contributed by atoms with Crippen LogP contribution in [0.3, 0.4) is 0 Å². The minimum atomic E-state index is 0.123. The second-order valence-corrected chi connectivity index (χ2v) is 7.00. The fourth-order valence-corrected chi connectivity index (χ4v) is 3.90. The number of imidazole rings is 1. The summed E-state index contributed by atoms with van der Waals surface area (Å²) in [6, 6.07) is 18.6. The zero-order valence-corrected chi connectivity index (χ0v) is 16.0. The van der Waals surface area contributed by atoms with Gasteiger partial charge in [0.05, 0.1) is 30.9 Å². The van der Waals surface area contributed by atoms with Gasteiger partial charge < -0.3 is 14.4 Å². The lowest BCUT2D eigenvalue weighted by molar-refractivity contribution is 0.278. The molecular formula is C22H26N4O2. The molecule has 2 heterocycles. The molecule has 4 rings (SSSR count). The van der Waals surface area contributed by atoms with Crippen molar-refractivity contribution in [3.05, 3.63) is 72.2 Å². The summed E-state index contributed by atoms with van der Waals surface area (Å²) in [5, 5.41) is 9.32. The van der Waals surface area contributed by atoms with Crippen LogP contribution in [0.1, 0.15) is 29.6 Å². The molecule has 0 radical (unpaired) electrons. The lowest BCUT2D eigenvalue weighted by Gasteiger charge is -2.22. The lowest BCUT2D eigenvalue weighted by atomic mass is 9.89. The Kier molecular flexibility index (Phi) is 5.71. The zero-order valence-electron chi connectivity index (χ0n) is 16.0. The fourth-order valence-electron chi connectivity index (χ4n) is 3.90. The first-order valence-electron chi connectivity index (χ1n) is 9.65. The fraction of sp³-hybridized carbons (Fsp3) is 0.318. The SMILES string of the molecule is COc1ccc(C2NNCC2c2c(-c3ccccc3)ncn2CCCO)cc1. The highest BCUT2D eigenvalue weighted by molar-refractivity contribution is 5.63. The Morgan fingerprint density at radius 3 is 2.64 bits per heavy atom. The molecule has 3 aromatic rings. The van der Waals surface area contributed by atoms with Crippen molar-refractivity contribution in [2.75, 3.05) is 20.3 Å². The van der Waals surface area contributed by atoms with Gasteiger partial charge in [-0.05, 0) is 24.1 Å². The number of rotatable bonds is 7. The molecule has 6 heteroatoms. The predicted octanol–water partition coefficient (Wildman–Crippen LogP) is 2.87. The van der Waals surface area contributed by atoms with Crippen molar-refractivity contribution in [2.45, 2.75) is 24.9 Å². The van der Waals surface area contributed by atoms with Crippen molar-refractivity contribution in [1.29, 1.82) is 0 Å². The van der Waals surface area contributed by atoms with Crippen molar-refractivity contribution >= 4 is 0 Å². The molecule has 0 amide bonds. The summed E-state index contributed by atoms with van der Waals surface area (Å²) >= 11 is 0. The summed E-state index contributed by atoms with van der Waals surface area (Å²) in [4.78, 5) is 4.75. The van der Waals surface area contributed by atoms with E-state index >= 15 is 0 Å². The number of hydrazine groups is 1. The Balaban J connectivity index is 1.73. The number of benzene rings is 2. The number of hydrogen-bond acceptors (Lipinski definition) is 5. The highest BCUT2D eigenvalue weighted by Crippen LogP contribution is 2.38. The van der Waals surface area contributed by atoms with Crippen LogP contribution in [-0.4, -0.2) is 34.9 Å². The molecule has 1 aliphatic rings. The number of nitrogens with one attached hydrogen (secondary N) is 2. The third-order valence-electron chi connectivity index (χ3n) is 5.29. The van der Waals surface area contributed by atoms with Crippen molar-refractivity contribution in [3.8, 4) is 17.0 Å². The topological polar surface area (TPSA) is 71.3 Å². The van der Waals surface area contributed by atoms with Gasteiger partial charge in [-0.2, -0.15) is 0 Å². The minimum absolute atomic E-state index is 0.123. The molecule has 0 aliphatic carbocycles. The van der Waals surface area contributed by atoms with Gasteiger partial charge in [0.1, 0.15) is 5.75 Å². The molecule has 2 unspecified atom stereocenters. The molecule has 146 valence electrons. The second kappa shape index (κ2) is 8.56. The van der Waals surface area contributed by atoms with Crippen molar-refractivity contribution in [3.63, 3.8) is 0 Å². The standard InChI is InChI=1S/C22H26N4O2/c1-28-18-10-8-17(9-11-18)20-19(14-24-25-20)22-21(16-6-3-2-4-7-16)23-15-26(22)12-5-13-27/h2-4,6-11,15,19-20,24-25,27H,5,12-14H2,1H3. The van der Waals surface area contributed by atoms with E-state index in [1.165, 1.54) is 11.3 Å². The molecule has 0 saturated carbocycles. The van der Waals surface area contributed by atoms with Gasteiger partial charge in [0, 0.05) is 31.2 Å². The average Bonchev–Trinajstić information content (AvgIpc) is 3.39. The van der Waals surface area contributed by atoms with E-state index in [0.29, 0.717) is 6.42 Å². The molecule has 0 bridgehead atoms. The molecule has 2 aromatic carbocycles. The molecule has 3 N–H and O–H groups in total. The van der Waals surface area contributed by atoms with E-state index in [1.54, 1.807) is 7.11 Å². The number of aliphatic hydroxyl groups is 1. The van der Waals surface area contributed by atoms with Crippen molar-refractivity contribution in [2.24, 2.45) is 0 Å². The summed E-state index contributed by atoms with van der Waals surface area (Å²) in [6.07, 6.45) is 2.61. The number of methoxy groups -OCH3 is 1. The maximum atomic E-state index is 9.32. The van der Waals surface area contributed by atoms with Gasteiger partial charge in [-0.3, -0.25) is 5.43 Å². The molecule has 1 saturated heterocycles. The largest absolute Gasteiger partial charge is 0.497 e. The molecule has 6 nitrogen and oxygen atoms in total. The van der Waals surface area contributed by atoms with Gasteiger partial charge >= 0.3 is 0 Å². The summed E-state index contributed by atoms with van der Waals surface area (Å²) < 4.78 is 7.49. The maximum absolute atomic E-state index is 9.32. The molecule has 1 fully saturated rings. The van der Waals surface area contributed by atoms with Gasteiger partial charge in [0.15, 0.2) is 0 Å². The smallest absolute Gasteiger partial charge is 0.118 e. The van der Waals surface area contributed by atoms with E-state index < -0.39 is 0 Å². The number of aryl methyl sites for hydroxylation is 1. The molecule has 28 heavy (non-hydrogen) atoms. The average molecular weight is 378 g/mol.